The van der Waals surface area contributed by atoms with Crippen LogP contribution in [0.25, 0.3) is 109 Å². The van der Waals surface area contributed by atoms with Crippen LogP contribution in [0.15, 0.2) is 218 Å². The molecule has 0 N–H and O–H groups in total. The third-order valence-corrected chi connectivity index (χ3v) is 12.5. The molecule has 0 aliphatic carbocycles. The van der Waals surface area contributed by atoms with Gasteiger partial charge in [0.05, 0.1) is 11.4 Å². The number of thiophene rings is 1. The quantitative estimate of drug-likeness (QED) is 0.161. The van der Waals surface area contributed by atoms with E-state index in [1.165, 1.54) is 42.1 Å². The van der Waals surface area contributed by atoms with Gasteiger partial charge in [-0.2, -0.15) is 0 Å². The molecule has 9 aromatic carbocycles. The number of benzene rings is 9. The van der Waals surface area contributed by atoms with E-state index >= 15 is 0 Å². The van der Waals surface area contributed by atoms with E-state index in [9.17, 15) is 0 Å². The summed E-state index contributed by atoms with van der Waals surface area (Å²) in [6.45, 7) is 0. The van der Waals surface area contributed by atoms with E-state index in [1.54, 1.807) is 0 Å². The smallest absolute Gasteiger partial charge is 0.160 e. The van der Waals surface area contributed by atoms with Crippen LogP contribution in [0.4, 0.5) is 0 Å². The van der Waals surface area contributed by atoms with Crippen LogP contribution in [0.2, 0.25) is 0 Å². The Bertz CT molecular complexity index is 3250. The summed E-state index contributed by atoms with van der Waals surface area (Å²) >= 11 is 1.86. The Morgan fingerprint density at radius 3 is 1.42 bits per heavy atom. The maximum absolute atomic E-state index is 5.38. The van der Waals surface area contributed by atoms with Gasteiger partial charge in [-0.1, -0.05) is 170 Å². The third-order valence-electron chi connectivity index (χ3n) is 11.2. The van der Waals surface area contributed by atoms with Gasteiger partial charge >= 0.3 is 0 Å². The van der Waals surface area contributed by atoms with Crippen molar-refractivity contribution in [2.75, 3.05) is 0 Å². The number of nitrogens with zero attached hydrogens (tertiary/aromatic N) is 2. The Morgan fingerprint density at radius 2 is 0.746 bits per heavy atom. The molecule has 59 heavy (non-hydrogen) atoms. The van der Waals surface area contributed by atoms with Crippen LogP contribution in [0.3, 0.4) is 0 Å². The fraction of sp³-hybridized carbons (Fsp3) is 0. The Hall–Kier alpha value is -7.46. The van der Waals surface area contributed by atoms with Gasteiger partial charge in [0.2, 0.25) is 0 Å². The van der Waals surface area contributed by atoms with Gasteiger partial charge in [0.25, 0.3) is 0 Å². The second kappa shape index (κ2) is 14.8. The zero-order chi connectivity index (χ0) is 39.1. The van der Waals surface area contributed by atoms with E-state index in [1.807, 2.05) is 17.4 Å². The van der Waals surface area contributed by atoms with Crippen LogP contribution >= 0.6 is 11.3 Å². The van der Waals surface area contributed by atoms with Gasteiger partial charge in [0.15, 0.2) is 5.82 Å². The molecule has 0 saturated heterocycles. The van der Waals surface area contributed by atoms with E-state index in [2.05, 4.69) is 212 Å². The van der Waals surface area contributed by atoms with Gasteiger partial charge in [-0.25, -0.2) is 9.97 Å². The van der Waals surface area contributed by atoms with Gasteiger partial charge in [-0.05, 0) is 104 Å². The highest BCUT2D eigenvalue weighted by Crippen LogP contribution is 2.43. The van der Waals surface area contributed by atoms with Crippen molar-refractivity contribution in [1.29, 1.82) is 0 Å². The summed E-state index contributed by atoms with van der Waals surface area (Å²) in [5.74, 6) is 0.688. The molecule has 0 bridgehead atoms. The molecule has 3 heteroatoms. The highest BCUT2D eigenvalue weighted by molar-refractivity contribution is 7.26. The van der Waals surface area contributed by atoms with Gasteiger partial charge in [-0.15, -0.1) is 11.3 Å². The van der Waals surface area contributed by atoms with E-state index in [0.29, 0.717) is 5.82 Å². The molecule has 0 spiro atoms. The van der Waals surface area contributed by atoms with Crippen LogP contribution in [0.5, 0.6) is 0 Å². The summed E-state index contributed by atoms with van der Waals surface area (Å²) in [4.78, 5) is 10.7. The van der Waals surface area contributed by atoms with Crippen molar-refractivity contribution in [2.24, 2.45) is 0 Å². The lowest BCUT2D eigenvalue weighted by molar-refractivity contribution is 1.18. The maximum Gasteiger partial charge on any atom is 0.160 e. The highest BCUT2D eigenvalue weighted by atomic mass is 32.1. The Morgan fingerprint density at radius 1 is 0.288 bits per heavy atom. The molecule has 276 valence electrons. The topological polar surface area (TPSA) is 25.8 Å². The van der Waals surface area contributed by atoms with Crippen LogP contribution in [0.1, 0.15) is 0 Å². The maximum atomic E-state index is 5.38. The van der Waals surface area contributed by atoms with Crippen LogP contribution in [-0.4, -0.2) is 9.97 Å². The Balaban J connectivity index is 1.17. The molecule has 0 fully saturated rings. The molecule has 11 aromatic rings. The second-order valence-electron chi connectivity index (χ2n) is 15.0. The number of rotatable bonds is 7. The fourth-order valence-electron chi connectivity index (χ4n) is 8.37. The molecule has 2 nitrogen and oxygen atoms in total. The minimum atomic E-state index is 0.688. The summed E-state index contributed by atoms with van der Waals surface area (Å²) in [7, 11) is 0. The van der Waals surface area contributed by atoms with Crippen LogP contribution < -0.4 is 0 Å². The lowest BCUT2D eigenvalue weighted by Crippen LogP contribution is -1.97. The molecule has 0 saturated carbocycles. The SMILES string of the molecule is c1ccc(-c2cc(-c3ccccc3)cc(-c3cc(-c4cc(-c5cccc6ccccc56)cc(-c5cccc6c5sc5ccccc56)c4)nc(-c4ccccc4)n3)c2)cc1. The first-order valence-corrected chi connectivity index (χ1v) is 20.8. The summed E-state index contributed by atoms with van der Waals surface area (Å²) in [5, 5.41) is 5.01. The largest absolute Gasteiger partial charge is 0.228 e. The van der Waals surface area contributed by atoms with Crippen molar-refractivity contribution in [1.82, 2.24) is 9.97 Å². The first-order valence-electron chi connectivity index (χ1n) is 20.0. The predicted octanol–water partition coefficient (Wildman–Crippen LogP) is 15.7. The normalized spacial score (nSPS) is 11.4. The van der Waals surface area contributed by atoms with Crippen molar-refractivity contribution in [3.05, 3.63) is 218 Å². The lowest BCUT2D eigenvalue weighted by atomic mass is 9.91. The molecule has 11 rings (SSSR count). The minimum absolute atomic E-state index is 0.688. The van der Waals surface area contributed by atoms with E-state index in [-0.39, 0.29) is 0 Å². The molecule has 0 aliphatic rings. The standard InChI is InChI=1S/C56H36N2S/c1-4-16-37(17-5-1)41-30-42(38-18-6-2-7-19-38)32-45(31-41)52-36-53(58-56(57-52)40-21-8-3-9-22-40)46-34-43(48-26-14-23-39-20-10-11-24-47(39)48)33-44(35-46)49-27-15-28-51-50-25-12-13-29-54(50)59-55(49)51/h1-36H. The molecule has 0 radical (unpaired) electrons. The molecule has 0 atom stereocenters. The fourth-order valence-corrected chi connectivity index (χ4v) is 9.61. The van der Waals surface area contributed by atoms with Gasteiger partial charge in [-0.3, -0.25) is 0 Å². The van der Waals surface area contributed by atoms with Crippen molar-refractivity contribution < 1.29 is 0 Å². The lowest BCUT2D eigenvalue weighted by Gasteiger charge is -2.15. The number of aromatic nitrogens is 2. The van der Waals surface area contributed by atoms with E-state index < -0.39 is 0 Å². The molecule has 2 heterocycles. The van der Waals surface area contributed by atoms with Crippen molar-refractivity contribution in [3.8, 4) is 78.4 Å². The monoisotopic (exact) mass is 768 g/mol. The summed E-state index contributed by atoms with van der Waals surface area (Å²) < 4.78 is 2.58. The van der Waals surface area contributed by atoms with Gasteiger partial charge < -0.3 is 0 Å². The predicted molar refractivity (Wildman–Crippen MR) is 250 cm³/mol. The zero-order valence-electron chi connectivity index (χ0n) is 32.1. The third kappa shape index (κ3) is 6.58. The van der Waals surface area contributed by atoms with Crippen molar-refractivity contribution in [2.45, 2.75) is 0 Å². The molecule has 0 unspecified atom stereocenters. The first kappa shape index (κ1) is 34.8. The minimum Gasteiger partial charge on any atom is -0.228 e. The number of fused-ring (bicyclic) bond motifs is 4. The molecular weight excluding hydrogens is 733 g/mol. The number of hydrogen-bond donors (Lipinski definition) is 0. The van der Waals surface area contributed by atoms with E-state index in [0.717, 1.165) is 61.5 Å². The first-order chi connectivity index (χ1) is 29.2. The average Bonchev–Trinajstić information content (AvgIpc) is 3.71. The van der Waals surface area contributed by atoms with Gasteiger partial charge in [0.1, 0.15) is 0 Å². The van der Waals surface area contributed by atoms with Crippen LogP contribution in [-0.2, 0) is 0 Å². The molecule has 2 aromatic heterocycles. The Kier molecular flexibility index (Phi) is 8.72. The zero-order valence-corrected chi connectivity index (χ0v) is 32.9. The average molecular weight is 769 g/mol. The summed E-state index contributed by atoms with van der Waals surface area (Å²) in [6, 6.07) is 78.2. The van der Waals surface area contributed by atoms with Crippen molar-refractivity contribution >= 4 is 42.3 Å². The summed E-state index contributed by atoms with van der Waals surface area (Å²) in [6.07, 6.45) is 0. The van der Waals surface area contributed by atoms with Crippen LogP contribution in [0, 0.1) is 0 Å². The Labute approximate surface area is 347 Å². The van der Waals surface area contributed by atoms with Crippen molar-refractivity contribution in [3.63, 3.8) is 0 Å². The molecule has 0 aliphatic heterocycles. The molecular formula is C56H36N2S. The van der Waals surface area contributed by atoms with Gasteiger partial charge in [0, 0.05) is 36.9 Å². The summed E-state index contributed by atoms with van der Waals surface area (Å²) in [5.41, 5.74) is 14.1. The molecule has 0 amide bonds. The van der Waals surface area contributed by atoms with E-state index in [4.69, 9.17) is 9.97 Å². The number of hydrogen-bond acceptors (Lipinski definition) is 3. The second-order valence-corrected chi connectivity index (χ2v) is 16.0. The highest BCUT2D eigenvalue weighted by Gasteiger charge is 2.18.